The third-order valence-electron chi connectivity index (χ3n) is 5.78. The van der Waals surface area contributed by atoms with Crippen molar-refractivity contribution < 1.29 is 0 Å². The quantitative estimate of drug-likeness (QED) is 0.211. The van der Waals surface area contributed by atoms with Crippen molar-refractivity contribution in [2.75, 3.05) is 0 Å². The largest absolute Gasteiger partial charge is 0.0622 e. The topological polar surface area (TPSA) is 0 Å². The molecule has 0 amide bonds. The molecule has 0 bridgehead atoms. The van der Waals surface area contributed by atoms with Crippen LogP contribution in [0.5, 0.6) is 0 Å². The van der Waals surface area contributed by atoms with Crippen LogP contribution in [-0.4, -0.2) is 0 Å². The van der Waals surface area contributed by atoms with Gasteiger partial charge in [-0.05, 0) is 50.7 Å². The molecule has 0 nitrogen and oxygen atoms in total. The standard InChI is InChI=1S/C31H24/c1-23-15-17-25(18-16-23)20-22-31-28-13-7-5-11-26(28)30(27-12-6-8-14-29(27)31)21-19-24-9-3-2-4-10-24/h2-22H,1H3/b21-19+,22-20+. The summed E-state index contributed by atoms with van der Waals surface area (Å²) in [5, 5.41) is 5.10. The van der Waals surface area contributed by atoms with Crippen molar-refractivity contribution >= 4 is 45.8 Å². The van der Waals surface area contributed by atoms with Gasteiger partial charge in [0.2, 0.25) is 0 Å². The van der Waals surface area contributed by atoms with E-state index in [9.17, 15) is 0 Å². The summed E-state index contributed by atoms with van der Waals surface area (Å²) < 4.78 is 0. The van der Waals surface area contributed by atoms with Crippen LogP contribution in [0.15, 0.2) is 103 Å². The molecular weight excluding hydrogens is 372 g/mol. The molecule has 0 atom stereocenters. The van der Waals surface area contributed by atoms with Gasteiger partial charge >= 0.3 is 0 Å². The molecule has 148 valence electrons. The Kier molecular flexibility index (Phi) is 5.21. The molecule has 0 unspecified atom stereocenters. The number of hydrogen-bond acceptors (Lipinski definition) is 0. The van der Waals surface area contributed by atoms with Crippen LogP contribution >= 0.6 is 0 Å². The van der Waals surface area contributed by atoms with Crippen molar-refractivity contribution in [1.29, 1.82) is 0 Å². The van der Waals surface area contributed by atoms with Crippen molar-refractivity contribution in [2.45, 2.75) is 6.92 Å². The molecule has 0 saturated heterocycles. The minimum absolute atomic E-state index is 1.21. The molecule has 0 fully saturated rings. The number of aryl methyl sites for hydroxylation is 1. The normalized spacial score (nSPS) is 11.8. The summed E-state index contributed by atoms with van der Waals surface area (Å²) in [5.41, 5.74) is 6.24. The smallest absolute Gasteiger partial charge is 0.00987 e. The monoisotopic (exact) mass is 396 g/mol. The van der Waals surface area contributed by atoms with Crippen LogP contribution in [0, 0.1) is 6.92 Å². The zero-order chi connectivity index (χ0) is 21.0. The summed E-state index contributed by atoms with van der Waals surface area (Å²) in [5.74, 6) is 0. The molecule has 5 aromatic carbocycles. The van der Waals surface area contributed by atoms with Gasteiger partial charge in [-0.25, -0.2) is 0 Å². The second-order valence-electron chi connectivity index (χ2n) is 7.91. The highest BCUT2D eigenvalue weighted by Gasteiger charge is 2.10. The van der Waals surface area contributed by atoms with Crippen LogP contribution in [0.3, 0.4) is 0 Å². The molecule has 0 aliphatic carbocycles. The molecule has 0 aliphatic heterocycles. The Morgan fingerprint density at radius 3 is 1.23 bits per heavy atom. The summed E-state index contributed by atoms with van der Waals surface area (Å²) in [6.45, 7) is 2.12. The van der Waals surface area contributed by atoms with E-state index in [1.165, 1.54) is 49.4 Å². The Morgan fingerprint density at radius 1 is 0.387 bits per heavy atom. The van der Waals surface area contributed by atoms with E-state index in [2.05, 4.69) is 134 Å². The first-order chi connectivity index (χ1) is 15.3. The predicted octanol–water partition coefficient (Wildman–Crippen LogP) is 8.64. The van der Waals surface area contributed by atoms with Gasteiger partial charge in [0.25, 0.3) is 0 Å². The van der Waals surface area contributed by atoms with E-state index >= 15 is 0 Å². The number of hydrogen-bond donors (Lipinski definition) is 0. The maximum atomic E-state index is 2.26. The molecule has 0 saturated carbocycles. The SMILES string of the molecule is Cc1ccc(/C=C/c2c3ccccc3c(/C=C/c3ccccc3)c3ccccc23)cc1. The van der Waals surface area contributed by atoms with Crippen molar-refractivity contribution in [1.82, 2.24) is 0 Å². The zero-order valence-electron chi connectivity index (χ0n) is 17.6. The van der Waals surface area contributed by atoms with E-state index < -0.39 is 0 Å². The summed E-state index contributed by atoms with van der Waals surface area (Å²) in [6, 6.07) is 36.6. The second kappa shape index (κ2) is 8.45. The van der Waals surface area contributed by atoms with E-state index in [4.69, 9.17) is 0 Å². The molecule has 0 aliphatic rings. The van der Waals surface area contributed by atoms with Gasteiger partial charge in [-0.3, -0.25) is 0 Å². The highest BCUT2D eigenvalue weighted by molar-refractivity contribution is 6.14. The van der Waals surface area contributed by atoms with Gasteiger partial charge in [0, 0.05) is 0 Å². The Hall–Kier alpha value is -3.90. The van der Waals surface area contributed by atoms with E-state index in [0.717, 1.165) is 0 Å². The van der Waals surface area contributed by atoms with Gasteiger partial charge < -0.3 is 0 Å². The van der Waals surface area contributed by atoms with Crippen LogP contribution in [0.25, 0.3) is 45.8 Å². The van der Waals surface area contributed by atoms with Crippen LogP contribution in [0.1, 0.15) is 27.8 Å². The number of fused-ring (bicyclic) bond motifs is 2. The first-order valence-corrected chi connectivity index (χ1v) is 10.7. The fraction of sp³-hybridized carbons (Fsp3) is 0.0323. The third-order valence-corrected chi connectivity index (χ3v) is 5.78. The maximum Gasteiger partial charge on any atom is -0.00987 e. The molecule has 0 heterocycles. The fourth-order valence-electron chi connectivity index (χ4n) is 4.16. The van der Waals surface area contributed by atoms with Crippen LogP contribution < -0.4 is 0 Å². The molecule has 5 rings (SSSR count). The Bertz CT molecular complexity index is 1340. The summed E-state index contributed by atoms with van der Waals surface area (Å²) in [6.07, 6.45) is 8.94. The molecule has 0 N–H and O–H groups in total. The van der Waals surface area contributed by atoms with Gasteiger partial charge in [-0.15, -0.1) is 0 Å². The lowest BCUT2D eigenvalue weighted by Gasteiger charge is -2.13. The molecular formula is C31H24. The first-order valence-electron chi connectivity index (χ1n) is 10.7. The number of benzene rings is 5. The van der Waals surface area contributed by atoms with Crippen LogP contribution in [0.4, 0.5) is 0 Å². The Morgan fingerprint density at radius 2 is 0.774 bits per heavy atom. The average molecular weight is 397 g/mol. The van der Waals surface area contributed by atoms with Gasteiger partial charge in [0.05, 0.1) is 0 Å². The highest BCUT2D eigenvalue weighted by Crippen LogP contribution is 2.35. The minimum Gasteiger partial charge on any atom is -0.0622 e. The van der Waals surface area contributed by atoms with Gasteiger partial charge in [-0.1, -0.05) is 133 Å². The molecule has 0 heteroatoms. The van der Waals surface area contributed by atoms with Crippen molar-refractivity contribution in [3.8, 4) is 0 Å². The van der Waals surface area contributed by atoms with Crippen molar-refractivity contribution in [2.24, 2.45) is 0 Å². The van der Waals surface area contributed by atoms with Gasteiger partial charge in [-0.2, -0.15) is 0 Å². The predicted molar refractivity (Wildman–Crippen MR) is 137 cm³/mol. The lowest BCUT2D eigenvalue weighted by Crippen LogP contribution is -1.88. The minimum atomic E-state index is 1.21. The molecule has 0 radical (unpaired) electrons. The van der Waals surface area contributed by atoms with E-state index in [1.807, 2.05) is 0 Å². The van der Waals surface area contributed by atoms with Crippen LogP contribution in [0.2, 0.25) is 0 Å². The van der Waals surface area contributed by atoms with Gasteiger partial charge in [0.1, 0.15) is 0 Å². The average Bonchev–Trinajstić information content (AvgIpc) is 2.83. The van der Waals surface area contributed by atoms with E-state index in [0.29, 0.717) is 0 Å². The summed E-state index contributed by atoms with van der Waals surface area (Å²) >= 11 is 0. The van der Waals surface area contributed by atoms with Gasteiger partial charge in [0.15, 0.2) is 0 Å². The molecule has 0 spiro atoms. The third kappa shape index (κ3) is 3.93. The second-order valence-corrected chi connectivity index (χ2v) is 7.91. The van der Waals surface area contributed by atoms with Crippen molar-refractivity contribution in [3.05, 3.63) is 131 Å². The Labute approximate surface area is 183 Å². The van der Waals surface area contributed by atoms with Crippen LogP contribution in [-0.2, 0) is 0 Å². The van der Waals surface area contributed by atoms with Crippen molar-refractivity contribution in [3.63, 3.8) is 0 Å². The summed E-state index contributed by atoms with van der Waals surface area (Å²) in [7, 11) is 0. The zero-order valence-corrected chi connectivity index (χ0v) is 17.6. The molecule has 31 heavy (non-hydrogen) atoms. The summed E-state index contributed by atoms with van der Waals surface area (Å²) in [4.78, 5) is 0. The maximum absolute atomic E-state index is 2.26. The Balaban J connectivity index is 1.72. The van der Waals surface area contributed by atoms with E-state index in [-0.39, 0.29) is 0 Å². The molecule has 0 aromatic heterocycles. The molecule has 5 aromatic rings. The lowest BCUT2D eigenvalue weighted by molar-refractivity contribution is 1.46. The fourth-order valence-corrected chi connectivity index (χ4v) is 4.16. The number of rotatable bonds is 4. The highest BCUT2D eigenvalue weighted by atomic mass is 14.1. The van der Waals surface area contributed by atoms with E-state index in [1.54, 1.807) is 0 Å². The first kappa shape index (κ1) is 19.1. The lowest BCUT2D eigenvalue weighted by atomic mass is 9.91.